The van der Waals surface area contributed by atoms with E-state index in [0.717, 1.165) is 34.4 Å². The Kier molecular flexibility index (Phi) is 4.18. The molecule has 0 amide bonds. The van der Waals surface area contributed by atoms with E-state index in [4.69, 9.17) is 11.6 Å². The number of benzene rings is 2. The standard InChI is InChI=1S/C17H11ClFN3O2S2/c18-14-9-13(4-5-15(14)19)26(23,24)21-12-3-1-2-11(8-12)16-10-22-6-7-25-17(22)20-16/h1-10,21H. The lowest BCUT2D eigenvalue weighted by molar-refractivity contribution is 0.599. The van der Waals surface area contributed by atoms with E-state index in [1.54, 1.807) is 18.2 Å². The van der Waals surface area contributed by atoms with Crippen molar-refractivity contribution in [2.75, 3.05) is 4.72 Å². The van der Waals surface area contributed by atoms with Crippen molar-refractivity contribution >= 4 is 43.6 Å². The van der Waals surface area contributed by atoms with Crippen molar-refractivity contribution in [1.29, 1.82) is 0 Å². The van der Waals surface area contributed by atoms with E-state index >= 15 is 0 Å². The van der Waals surface area contributed by atoms with Gasteiger partial charge in [0.1, 0.15) is 5.82 Å². The van der Waals surface area contributed by atoms with E-state index in [9.17, 15) is 12.8 Å². The number of hydrogen-bond acceptors (Lipinski definition) is 4. The zero-order valence-corrected chi connectivity index (χ0v) is 15.4. The van der Waals surface area contributed by atoms with Gasteiger partial charge in [-0.3, -0.25) is 9.12 Å². The first-order chi connectivity index (χ1) is 12.4. The molecule has 2 aromatic heterocycles. The fourth-order valence-corrected chi connectivity index (χ4v) is 4.49. The molecule has 2 heterocycles. The molecule has 0 fully saturated rings. The molecule has 26 heavy (non-hydrogen) atoms. The number of thiazole rings is 1. The Bertz CT molecular complexity index is 1190. The van der Waals surface area contributed by atoms with Gasteiger partial charge in [-0.2, -0.15) is 0 Å². The summed E-state index contributed by atoms with van der Waals surface area (Å²) < 4.78 is 42.6. The van der Waals surface area contributed by atoms with Gasteiger partial charge in [-0.1, -0.05) is 23.7 Å². The molecule has 2 aromatic carbocycles. The van der Waals surface area contributed by atoms with Crippen molar-refractivity contribution in [1.82, 2.24) is 9.38 Å². The molecule has 1 N–H and O–H groups in total. The molecule has 0 unspecified atom stereocenters. The molecule has 4 aromatic rings. The smallest absolute Gasteiger partial charge is 0.261 e. The van der Waals surface area contributed by atoms with Gasteiger partial charge in [-0.05, 0) is 30.3 Å². The maximum atomic E-state index is 13.3. The Labute approximate surface area is 157 Å². The molecule has 0 aliphatic carbocycles. The molecular formula is C17H11ClFN3O2S2. The summed E-state index contributed by atoms with van der Waals surface area (Å²) in [6.45, 7) is 0. The number of nitrogens with one attached hydrogen (secondary N) is 1. The van der Waals surface area contributed by atoms with Crippen LogP contribution >= 0.6 is 22.9 Å². The highest BCUT2D eigenvalue weighted by Crippen LogP contribution is 2.26. The molecule has 5 nitrogen and oxygen atoms in total. The predicted molar refractivity (Wildman–Crippen MR) is 101 cm³/mol. The molecule has 4 rings (SSSR count). The number of rotatable bonds is 4. The van der Waals surface area contributed by atoms with Crippen LogP contribution in [-0.4, -0.2) is 17.8 Å². The molecule has 0 atom stereocenters. The summed E-state index contributed by atoms with van der Waals surface area (Å²) in [5.74, 6) is -0.674. The molecule has 132 valence electrons. The highest BCUT2D eigenvalue weighted by atomic mass is 35.5. The van der Waals surface area contributed by atoms with Gasteiger partial charge >= 0.3 is 0 Å². The van der Waals surface area contributed by atoms with E-state index in [-0.39, 0.29) is 9.92 Å². The number of fused-ring (bicyclic) bond motifs is 1. The molecule has 0 bridgehead atoms. The Balaban J connectivity index is 1.66. The molecule has 0 radical (unpaired) electrons. The third kappa shape index (κ3) is 3.18. The fourth-order valence-electron chi connectivity index (χ4n) is 2.47. The summed E-state index contributed by atoms with van der Waals surface area (Å²) in [7, 11) is -3.89. The first-order valence-electron chi connectivity index (χ1n) is 7.43. The summed E-state index contributed by atoms with van der Waals surface area (Å²) in [6, 6.07) is 10.2. The third-order valence-corrected chi connectivity index (χ3v) is 6.14. The maximum absolute atomic E-state index is 13.3. The maximum Gasteiger partial charge on any atom is 0.261 e. The van der Waals surface area contributed by atoms with Crippen LogP contribution in [0.2, 0.25) is 5.02 Å². The van der Waals surface area contributed by atoms with E-state index < -0.39 is 15.8 Å². The Morgan fingerprint density at radius 3 is 2.81 bits per heavy atom. The molecule has 0 aliphatic heterocycles. The van der Waals surface area contributed by atoms with Crippen LogP contribution in [0.4, 0.5) is 10.1 Å². The number of hydrogen-bond donors (Lipinski definition) is 1. The number of nitrogens with zero attached hydrogens (tertiary/aromatic N) is 2. The summed E-state index contributed by atoms with van der Waals surface area (Å²) in [5.41, 5.74) is 1.89. The zero-order chi connectivity index (χ0) is 18.3. The second-order valence-electron chi connectivity index (χ2n) is 5.48. The Hall–Kier alpha value is -2.42. The van der Waals surface area contributed by atoms with Crippen LogP contribution in [0.1, 0.15) is 0 Å². The second-order valence-corrected chi connectivity index (χ2v) is 8.44. The molecule has 0 aliphatic rings. The first kappa shape index (κ1) is 17.0. The van der Waals surface area contributed by atoms with E-state index in [0.29, 0.717) is 5.69 Å². The van der Waals surface area contributed by atoms with Gasteiger partial charge in [-0.25, -0.2) is 17.8 Å². The molecule has 0 spiro atoms. The highest BCUT2D eigenvalue weighted by molar-refractivity contribution is 7.92. The van der Waals surface area contributed by atoms with Crippen LogP contribution in [-0.2, 0) is 10.0 Å². The van der Waals surface area contributed by atoms with Crippen LogP contribution in [0.5, 0.6) is 0 Å². The molecule has 0 saturated carbocycles. The van der Waals surface area contributed by atoms with Crippen LogP contribution < -0.4 is 4.72 Å². The molecule has 0 saturated heterocycles. The SMILES string of the molecule is O=S(=O)(Nc1cccc(-c2cn3ccsc3n2)c1)c1ccc(F)c(Cl)c1. The number of sulfonamides is 1. The van der Waals surface area contributed by atoms with Crippen LogP contribution in [0.25, 0.3) is 16.2 Å². The lowest BCUT2D eigenvalue weighted by atomic mass is 10.1. The van der Waals surface area contributed by atoms with E-state index in [1.807, 2.05) is 28.2 Å². The van der Waals surface area contributed by atoms with Crippen molar-refractivity contribution in [3.05, 3.63) is 71.1 Å². The summed E-state index contributed by atoms with van der Waals surface area (Å²) >= 11 is 7.19. The summed E-state index contributed by atoms with van der Waals surface area (Å²) in [6.07, 6.45) is 3.78. The largest absolute Gasteiger partial charge is 0.297 e. The number of anilines is 1. The minimum atomic E-state index is -3.89. The minimum absolute atomic E-state index is 0.114. The monoisotopic (exact) mass is 407 g/mol. The number of imidazole rings is 1. The third-order valence-electron chi connectivity index (χ3n) is 3.71. The van der Waals surface area contributed by atoms with Crippen LogP contribution in [0, 0.1) is 5.82 Å². The van der Waals surface area contributed by atoms with Crippen molar-refractivity contribution in [3.8, 4) is 11.3 Å². The van der Waals surface area contributed by atoms with Gasteiger partial charge in [0.15, 0.2) is 4.96 Å². The normalized spacial score (nSPS) is 11.8. The van der Waals surface area contributed by atoms with Gasteiger partial charge in [0, 0.05) is 29.0 Å². The number of aromatic nitrogens is 2. The second kappa shape index (κ2) is 6.39. The lowest BCUT2D eigenvalue weighted by Crippen LogP contribution is -2.13. The predicted octanol–water partition coefficient (Wildman–Crippen LogP) is 4.66. The van der Waals surface area contributed by atoms with Gasteiger partial charge in [0.25, 0.3) is 10.0 Å². The fraction of sp³-hybridized carbons (Fsp3) is 0. The van der Waals surface area contributed by atoms with Crippen molar-refractivity contribution in [3.63, 3.8) is 0 Å². The van der Waals surface area contributed by atoms with Gasteiger partial charge in [0.05, 0.1) is 15.6 Å². The van der Waals surface area contributed by atoms with Gasteiger partial charge in [-0.15, -0.1) is 11.3 Å². The van der Waals surface area contributed by atoms with Crippen LogP contribution in [0.15, 0.2) is 65.1 Å². The summed E-state index contributed by atoms with van der Waals surface area (Å²) in [4.78, 5) is 5.24. The van der Waals surface area contributed by atoms with Crippen LogP contribution in [0.3, 0.4) is 0 Å². The van der Waals surface area contributed by atoms with E-state index in [1.165, 1.54) is 11.3 Å². The Morgan fingerprint density at radius 1 is 1.19 bits per heavy atom. The topological polar surface area (TPSA) is 63.5 Å². The lowest BCUT2D eigenvalue weighted by Gasteiger charge is -2.09. The first-order valence-corrected chi connectivity index (χ1v) is 10.2. The average molecular weight is 408 g/mol. The van der Waals surface area contributed by atoms with Crippen molar-refractivity contribution < 1.29 is 12.8 Å². The highest BCUT2D eigenvalue weighted by Gasteiger charge is 2.16. The quantitative estimate of drug-likeness (QED) is 0.535. The summed E-state index contributed by atoms with van der Waals surface area (Å²) in [5, 5.41) is 1.68. The van der Waals surface area contributed by atoms with Crippen molar-refractivity contribution in [2.24, 2.45) is 0 Å². The van der Waals surface area contributed by atoms with Gasteiger partial charge < -0.3 is 0 Å². The molecule has 9 heteroatoms. The van der Waals surface area contributed by atoms with E-state index in [2.05, 4.69) is 9.71 Å². The number of halogens is 2. The Morgan fingerprint density at radius 2 is 2.04 bits per heavy atom. The average Bonchev–Trinajstić information content (AvgIpc) is 3.19. The minimum Gasteiger partial charge on any atom is -0.297 e. The van der Waals surface area contributed by atoms with Crippen molar-refractivity contribution in [2.45, 2.75) is 4.90 Å². The van der Waals surface area contributed by atoms with Gasteiger partial charge in [0.2, 0.25) is 0 Å². The zero-order valence-electron chi connectivity index (χ0n) is 13.1. The molecular weight excluding hydrogens is 397 g/mol.